The average molecular weight is 1960 g/mol. The maximum absolute atomic E-state index is 16.0. The van der Waals surface area contributed by atoms with Crippen LogP contribution < -0.4 is 30.3 Å². The number of hydrogen-bond donors (Lipinski definition) is 5. The van der Waals surface area contributed by atoms with Crippen LogP contribution in [0.2, 0.25) is 0 Å². The van der Waals surface area contributed by atoms with Gasteiger partial charge in [-0.15, -0.1) is 0 Å². The zero-order valence-corrected chi connectivity index (χ0v) is 83.0. The highest BCUT2D eigenvalue weighted by atomic mass is 35.6. The lowest BCUT2D eigenvalue weighted by molar-refractivity contribution is -0.309. The highest BCUT2D eigenvalue weighted by Crippen LogP contribution is 2.53. The molecule has 28 nitrogen and oxygen atoms in total. The Hall–Kier alpha value is -7.63. The highest BCUT2D eigenvalue weighted by molar-refractivity contribution is 7.49. The third kappa shape index (κ3) is 51.7. The van der Waals surface area contributed by atoms with Crippen molar-refractivity contribution in [2.24, 2.45) is 0 Å². The van der Waals surface area contributed by atoms with Gasteiger partial charge in [-0.2, -0.15) is 0 Å². The third-order valence-corrected chi connectivity index (χ3v) is 25.0. The first-order valence-corrected chi connectivity index (χ1v) is 52.4. The average Bonchev–Trinajstić information content (AvgIpc) is 0.773. The topological polar surface area (TPSA) is 359 Å². The molecular formula is C102H154Cl3N4O24P. The Morgan fingerprint density at radius 3 is 1.10 bits per heavy atom. The van der Waals surface area contributed by atoms with Gasteiger partial charge in [0.25, 0.3) is 0 Å². The van der Waals surface area contributed by atoms with Crippen molar-refractivity contribution in [3.05, 3.63) is 132 Å². The number of nitrogens with one attached hydrogen (secondary N) is 4. The highest BCUT2D eigenvalue weighted by Gasteiger charge is 2.56. The number of benzene rings is 4. The van der Waals surface area contributed by atoms with E-state index in [-0.39, 0.29) is 50.4 Å². The lowest BCUT2D eigenvalue weighted by atomic mass is 9.95. The molecule has 2 saturated heterocycles. The molecule has 0 bridgehead atoms. The fourth-order valence-corrected chi connectivity index (χ4v) is 17.5. The van der Waals surface area contributed by atoms with Crippen LogP contribution in [-0.4, -0.2) is 163 Å². The van der Waals surface area contributed by atoms with Crippen LogP contribution in [0.15, 0.2) is 121 Å². The van der Waals surface area contributed by atoms with Crippen molar-refractivity contribution in [1.82, 2.24) is 21.3 Å². The number of carbonyl (C=O) groups excluding carboxylic acids is 9. The summed E-state index contributed by atoms with van der Waals surface area (Å²) in [6.07, 6.45) is 19.0. The summed E-state index contributed by atoms with van der Waals surface area (Å²) in [6, 6.07) is 29.6. The SMILES string of the molecule is CCCCCCCCCCCCCC(=O)N[C@H]1[C@H](OC[C@H]2O[C@H](OC(CC(=O)OCc3ccccc3)CC(=O)OCc3ccccc3)[C@H](NC(=O)CCCCCCCCCCCCC)[C@@H](OC(=O)CNC(=O)CCCCCCCCCCC)[C@@H]2O)O[C@H](COC(=O)OCC(Cl)(Cl)Cl)[C@@H](OP(=O)(Oc2ccccc2)Oc2ccccc2)[C@@H]1OC(=O)CNC(=O)CCCCCCCCCCC. The molecule has 2 aliphatic heterocycles. The quantitative estimate of drug-likeness (QED) is 0.00901. The Labute approximate surface area is 810 Å². The molecule has 0 unspecified atom stereocenters. The van der Waals surface area contributed by atoms with Crippen LogP contribution in [0.5, 0.6) is 11.5 Å². The number of ether oxygens (including phenoxy) is 10. The van der Waals surface area contributed by atoms with Crippen molar-refractivity contribution in [3.8, 4) is 11.5 Å². The van der Waals surface area contributed by atoms with Crippen LogP contribution in [-0.2, 0) is 108 Å². The predicted molar refractivity (Wildman–Crippen MR) is 516 cm³/mol. The van der Waals surface area contributed by atoms with Crippen molar-refractivity contribution in [3.63, 3.8) is 0 Å². The van der Waals surface area contributed by atoms with Crippen LogP contribution in [0.25, 0.3) is 0 Å². The first-order chi connectivity index (χ1) is 65.0. The van der Waals surface area contributed by atoms with Crippen molar-refractivity contribution in [2.45, 2.75) is 407 Å². The van der Waals surface area contributed by atoms with Gasteiger partial charge in [0, 0.05) is 25.7 Å². The number of carbonyl (C=O) groups is 9. The molecule has 0 aliphatic carbocycles. The fraction of sp³-hybridized carbons (Fsp3) is 0.676. The van der Waals surface area contributed by atoms with E-state index in [0.717, 1.165) is 167 Å². The second-order valence-corrected chi connectivity index (χ2v) is 39.0. The Morgan fingerprint density at radius 1 is 0.388 bits per heavy atom. The van der Waals surface area contributed by atoms with Crippen LogP contribution in [0.1, 0.15) is 334 Å². The molecule has 0 radical (unpaired) electrons. The number of amides is 4. The van der Waals surface area contributed by atoms with E-state index in [0.29, 0.717) is 49.7 Å². The zero-order chi connectivity index (χ0) is 96.5. The van der Waals surface area contributed by atoms with Crippen molar-refractivity contribution < 1.29 is 114 Å². The van der Waals surface area contributed by atoms with E-state index in [1.807, 2.05) is 0 Å². The number of phosphoric ester groups is 1. The molecule has 0 aromatic heterocycles. The second-order valence-electron chi connectivity index (χ2n) is 35.0. The number of esters is 4. The standard InChI is InChI=1S/C102H154Cl3N4O24P/c1-5-9-13-17-21-25-27-31-35-39-55-67-87(112)108-93-97(129-91(116)71-106-85(110)65-53-37-33-29-23-19-15-11-7-3)95(118)83(127-100(93)126-82(69-89(114)121-73-78-57-45-41-46-58-78)70-90(115)122-74-79-59-47-42-48-60-79)75-123-99-94(109-88(113)68-56-40-36-32-28-26-22-18-14-10-6-2)98(130-92(117)72-107-86(111)66-54-38-34-30-24-20-16-12-8-4)96(84(128-99)76-124-101(119)125-77-102(103,104)105)133-134(120,131-80-61-49-43-50-62-80)132-81-63-51-44-52-64-81/h41-52,57-64,82-84,93-100,118H,5-40,53-56,65-77H2,1-4H3,(H,106,110)(H,107,111)(H,108,112)(H,109,113)/t83-,84-,93-,94-,95-,96-,97-,98-,99-,100+/m1/s1. The van der Waals surface area contributed by atoms with Crippen LogP contribution in [0.3, 0.4) is 0 Å². The van der Waals surface area contributed by atoms with Gasteiger partial charge >= 0.3 is 37.9 Å². The summed E-state index contributed by atoms with van der Waals surface area (Å²) in [5.74, 6) is -6.25. The van der Waals surface area contributed by atoms with Gasteiger partial charge in [0.05, 0.1) is 25.6 Å². The Balaban J connectivity index is 1.49. The van der Waals surface area contributed by atoms with E-state index in [1.54, 1.807) is 97.1 Å². The van der Waals surface area contributed by atoms with Gasteiger partial charge in [0.15, 0.2) is 24.8 Å². The molecule has 4 amide bonds. The van der Waals surface area contributed by atoms with E-state index < -0.39 is 178 Å². The molecule has 0 saturated carbocycles. The molecule has 5 N–H and O–H groups in total. The lowest BCUT2D eigenvalue weighted by Crippen LogP contribution is -2.68. The minimum atomic E-state index is -5.25. The molecule has 0 spiro atoms. The summed E-state index contributed by atoms with van der Waals surface area (Å²) < 4.78 is 95.4. The molecule has 752 valence electrons. The number of rotatable bonds is 74. The summed E-state index contributed by atoms with van der Waals surface area (Å²) >= 11 is 18.2. The minimum Gasteiger partial charge on any atom is -0.461 e. The third-order valence-electron chi connectivity index (χ3n) is 23.3. The van der Waals surface area contributed by atoms with Crippen molar-refractivity contribution in [1.29, 1.82) is 0 Å². The van der Waals surface area contributed by atoms with Gasteiger partial charge in [0.1, 0.15) is 87.5 Å². The summed E-state index contributed by atoms with van der Waals surface area (Å²) in [7, 11) is -5.25. The first-order valence-electron chi connectivity index (χ1n) is 49.8. The first kappa shape index (κ1) is 115. The summed E-state index contributed by atoms with van der Waals surface area (Å²) in [5.41, 5.74) is 1.27. The van der Waals surface area contributed by atoms with Gasteiger partial charge in [0.2, 0.25) is 27.4 Å². The molecule has 2 fully saturated rings. The maximum Gasteiger partial charge on any atom is 0.588 e. The molecular weight excluding hydrogens is 1800 g/mol. The van der Waals surface area contributed by atoms with E-state index in [2.05, 4.69) is 49.0 Å². The molecule has 4 aromatic carbocycles. The zero-order valence-electron chi connectivity index (χ0n) is 79.8. The number of halogens is 3. The lowest BCUT2D eigenvalue weighted by Gasteiger charge is -2.47. The fourth-order valence-electron chi connectivity index (χ4n) is 15.9. The number of aliphatic hydroxyl groups is 1. The molecule has 6 rings (SSSR count). The van der Waals surface area contributed by atoms with Gasteiger partial charge in [-0.25, -0.2) is 9.36 Å². The molecule has 32 heteroatoms. The summed E-state index contributed by atoms with van der Waals surface area (Å²) in [4.78, 5) is 129. The Kier molecular flexibility index (Phi) is 60.2. The Bertz CT molecular complexity index is 3820. The van der Waals surface area contributed by atoms with Gasteiger partial charge in [-0.05, 0) is 61.1 Å². The minimum absolute atomic E-state index is 0.0528. The Morgan fingerprint density at radius 2 is 0.724 bits per heavy atom. The largest absolute Gasteiger partial charge is 0.588 e. The number of para-hydroxylation sites is 2. The van der Waals surface area contributed by atoms with Crippen LogP contribution in [0, 0.1) is 0 Å². The van der Waals surface area contributed by atoms with E-state index in [4.69, 9.17) is 95.7 Å². The maximum atomic E-state index is 16.0. The number of hydrogen-bond acceptors (Lipinski definition) is 24. The van der Waals surface area contributed by atoms with Crippen molar-refractivity contribution >= 4 is 96.3 Å². The predicted octanol–water partition coefficient (Wildman–Crippen LogP) is 21.9. The van der Waals surface area contributed by atoms with E-state index in [1.165, 1.54) is 75.6 Å². The van der Waals surface area contributed by atoms with Gasteiger partial charge in [-0.1, -0.05) is 391 Å². The number of phosphoric acid groups is 1. The smallest absolute Gasteiger partial charge is 0.461 e. The molecule has 134 heavy (non-hydrogen) atoms. The second kappa shape index (κ2) is 70.1. The van der Waals surface area contributed by atoms with Gasteiger partial charge in [-0.3, -0.25) is 42.9 Å². The van der Waals surface area contributed by atoms with Crippen LogP contribution >= 0.6 is 42.6 Å². The number of aliphatic hydroxyl groups excluding tert-OH is 1. The number of alkyl halides is 3. The van der Waals surface area contributed by atoms with Crippen molar-refractivity contribution in [2.75, 3.05) is 32.9 Å². The molecule has 2 heterocycles. The summed E-state index contributed by atoms with van der Waals surface area (Å²) in [6.45, 7) is 4.04. The van der Waals surface area contributed by atoms with Crippen LogP contribution in [0.4, 0.5) is 4.79 Å². The van der Waals surface area contributed by atoms with E-state index in [9.17, 15) is 38.7 Å². The molecule has 2 aliphatic rings. The normalized spacial score (nSPS) is 18.3. The molecule has 4 aromatic rings. The van der Waals surface area contributed by atoms with E-state index >= 15 is 14.2 Å². The monoisotopic (exact) mass is 1950 g/mol. The number of unbranched alkanes of at least 4 members (excludes halogenated alkanes) is 36. The van der Waals surface area contributed by atoms with Gasteiger partial charge < -0.3 is 82.8 Å². The molecule has 10 atom stereocenters. The summed E-state index contributed by atoms with van der Waals surface area (Å²) in [5, 5.41) is 24.4.